The SMILES string of the molecule is O=C(O)C(CNC(=O)C1CSCN1C(=O)c1ccccc1)c1ccccc1. The van der Waals surface area contributed by atoms with Gasteiger partial charge < -0.3 is 15.3 Å². The summed E-state index contributed by atoms with van der Waals surface area (Å²) in [5.41, 5.74) is 1.16. The lowest BCUT2D eigenvalue weighted by atomic mass is 9.99. The van der Waals surface area contributed by atoms with Gasteiger partial charge in [0.15, 0.2) is 0 Å². The van der Waals surface area contributed by atoms with Crippen molar-refractivity contribution in [3.8, 4) is 0 Å². The van der Waals surface area contributed by atoms with Gasteiger partial charge in [-0.1, -0.05) is 48.5 Å². The zero-order valence-electron chi connectivity index (χ0n) is 14.6. The highest BCUT2D eigenvalue weighted by atomic mass is 32.2. The molecule has 0 aromatic heterocycles. The summed E-state index contributed by atoms with van der Waals surface area (Å²) in [6.07, 6.45) is 0. The van der Waals surface area contributed by atoms with Gasteiger partial charge in [-0.3, -0.25) is 14.4 Å². The van der Waals surface area contributed by atoms with E-state index in [0.717, 1.165) is 0 Å². The van der Waals surface area contributed by atoms with Crippen molar-refractivity contribution >= 4 is 29.5 Å². The molecule has 0 bridgehead atoms. The third-order valence-corrected chi connectivity index (χ3v) is 5.46. The van der Waals surface area contributed by atoms with Crippen molar-refractivity contribution < 1.29 is 19.5 Å². The fourth-order valence-electron chi connectivity index (χ4n) is 2.96. The maximum atomic E-state index is 12.7. The summed E-state index contributed by atoms with van der Waals surface area (Å²) in [7, 11) is 0. The number of hydrogen-bond acceptors (Lipinski definition) is 4. The lowest BCUT2D eigenvalue weighted by molar-refractivity contribution is -0.138. The van der Waals surface area contributed by atoms with Gasteiger partial charge in [-0.2, -0.15) is 0 Å². The molecule has 1 saturated heterocycles. The molecule has 1 fully saturated rings. The molecule has 0 spiro atoms. The molecule has 140 valence electrons. The van der Waals surface area contributed by atoms with E-state index in [1.54, 1.807) is 48.5 Å². The number of nitrogens with one attached hydrogen (secondary N) is 1. The Morgan fingerprint density at radius 1 is 1.07 bits per heavy atom. The number of amides is 2. The summed E-state index contributed by atoms with van der Waals surface area (Å²) < 4.78 is 0. The molecular weight excluding hydrogens is 364 g/mol. The minimum absolute atomic E-state index is 0.0211. The van der Waals surface area contributed by atoms with Crippen molar-refractivity contribution in [1.29, 1.82) is 0 Å². The molecule has 1 heterocycles. The van der Waals surface area contributed by atoms with E-state index in [9.17, 15) is 19.5 Å². The number of aliphatic carboxylic acids is 1. The highest BCUT2D eigenvalue weighted by molar-refractivity contribution is 7.99. The van der Waals surface area contributed by atoms with E-state index >= 15 is 0 Å². The molecule has 2 aromatic carbocycles. The number of benzene rings is 2. The number of thioether (sulfide) groups is 1. The van der Waals surface area contributed by atoms with Crippen LogP contribution in [-0.2, 0) is 9.59 Å². The fourth-order valence-corrected chi connectivity index (χ4v) is 4.11. The number of nitrogens with zero attached hydrogens (tertiary/aromatic N) is 1. The van der Waals surface area contributed by atoms with E-state index in [0.29, 0.717) is 22.8 Å². The molecule has 6 nitrogen and oxygen atoms in total. The molecule has 0 aliphatic carbocycles. The van der Waals surface area contributed by atoms with Gasteiger partial charge in [0.2, 0.25) is 5.91 Å². The topological polar surface area (TPSA) is 86.7 Å². The number of hydrogen-bond donors (Lipinski definition) is 2. The lowest BCUT2D eigenvalue weighted by Gasteiger charge is -2.24. The predicted molar refractivity (Wildman–Crippen MR) is 104 cm³/mol. The molecule has 2 atom stereocenters. The van der Waals surface area contributed by atoms with Crippen LogP contribution in [0.5, 0.6) is 0 Å². The molecule has 2 amide bonds. The lowest BCUT2D eigenvalue weighted by Crippen LogP contribution is -2.48. The highest BCUT2D eigenvalue weighted by Gasteiger charge is 2.35. The molecule has 1 aliphatic heterocycles. The van der Waals surface area contributed by atoms with Crippen LogP contribution in [0.1, 0.15) is 21.8 Å². The second kappa shape index (κ2) is 8.73. The molecule has 1 aliphatic rings. The monoisotopic (exact) mass is 384 g/mol. The summed E-state index contributed by atoms with van der Waals surface area (Å²) in [5.74, 6) is -1.42. The Balaban J connectivity index is 1.66. The molecule has 3 rings (SSSR count). The van der Waals surface area contributed by atoms with E-state index in [2.05, 4.69) is 5.32 Å². The Bertz CT molecular complexity index is 813. The third kappa shape index (κ3) is 4.49. The van der Waals surface area contributed by atoms with E-state index in [-0.39, 0.29) is 18.4 Å². The average Bonchev–Trinajstić information content (AvgIpc) is 3.18. The second-order valence-corrected chi connectivity index (χ2v) is 7.20. The molecule has 2 unspecified atom stereocenters. The minimum Gasteiger partial charge on any atom is -0.481 e. The first-order chi connectivity index (χ1) is 13.1. The van der Waals surface area contributed by atoms with Gasteiger partial charge in [0, 0.05) is 17.9 Å². The average molecular weight is 384 g/mol. The normalized spacial score (nSPS) is 17.3. The summed E-state index contributed by atoms with van der Waals surface area (Å²) in [5, 5.41) is 12.2. The Kier molecular flexibility index (Phi) is 6.13. The van der Waals surface area contributed by atoms with Crippen LogP contribution in [0.2, 0.25) is 0 Å². The number of rotatable bonds is 6. The predicted octanol–water partition coefficient (Wildman–Crippen LogP) is 2.19. The summed E-state index contributed by atoms with van der Waals surface area (Å²) >= 11 is 1.51. The quantitative estimate of drug-likeness (QED) is 0.797. The van der Waals surface area contributed by atoms with Crippen LogP contribution in [0.15, 0.2) is 60.7 Å². The van der Waals surface area contributed by atoms with Crippen LogP contribution in [-0.4, -0.2) is 52.0 Å². The third-order valence-electron chi connectivity index (χ3n) is 4.45. The zero-order chi connectivity index (χ0) is 19.2. The first-order valence-corrected chi connectivity index (χ1v) is 9.72. The van der Waals surface area contributed by atoms with Crippen LogP contribution >= 0.6 is 11.8 Å². The number of carbonyl (C=O) groups is 3. The molecule has 0 saturated carbocycles. The maximum Gasteiger partial charge on any atom is 0.312 e. The fraction of sp³-hybridized carbons (Fsp3) is 0.250. The number of carboxylic acids is 1. The largest absolute Gasteiger partial charge is 0.481 e. The molecular formula is C20H20N2O4S. The molecule has 27 heavy (non-hydrogen) atoms. The standard InChI is InChI=1S/C20H20N2O4S/c23-18(21-11-16(20(25)26)14-7-3-1-4-8-14)17-12-27-13-22(17)19(24)15-9-5-2-6-10-15/h1-10,16-17H,11-13H2,(H,21,23)(H,25,26). The van der Waals surface area contributed by atoms with Crippen LogP contribution in [0.4, 0.5) is 0 Å². The van der Waals surface area contributed by atoms with Crippen LogP contribution < -0.4 is 5.32 Å². The van der Waals surface area contributed by atoms with E-state index in [4.69, 9.17) is 0 Å². The Labute approximate surface area is 161 Å². The smallest absolute Gasteiger partial charge is 0.312 e. The molecule has 2 N–H and O–H groups in total. The van der Waals surface area contributed by atoms with Gasteiger partial charge in [0.05, 0.1) is 11.8 Å². The van der Waals surface area contributed by atoms with Crippen molar-refractivity contribution in [1.82, 2.24) is 10.2 Å². The van der Waals surface area contributed by atoms with E-state index < -0.39 is 17.9 Å². The maximum absolute atomic E-state index is 12.7. The number of carboxylic acid groups (broad SMARTS) is 1. The Hall–Kier alpha value is -2.80. The summed E-state index contributed by atoms with van der Waals surface area (Å²) in [4.78, 5) is 38.4. The molecule has 2 aromatic rings. The van der Waals surface area contributed by atoms with Gasteiger partial charge in [0.25, 0.3) is 5.91 Å². The van der Waals surface area contributed by atoms with Crippen molar-refractivity contribution in [2.45, 2.75) is 12.0 Å². The van der Waals surface area contributed by atoms with Crippen LogP contribution in [0.3, 0.4) is 0 Å². The first-order valence-electron chi connectivity index (χ1n) is 8.57. The highest BCUT2D eigenvalue weighted by Crippen LogP contribution is 2.23. The first kappa shape index (κ1) is 19.0. The Morgan fingerprint density at radius 3 is 2.33 bits per heavy atom. The minimum atomic E-state index is -1.00. The van der Waals surface area contributed by atoms with Gasteiger partial charge in [0.1, 0.15) is 6.04 Å². The second-order valence-electron chi connectivity index (χ2n) is 6.20. The molecule has 0 radical (unpaired) electrons. The van der Waals surface area contributed by atoms with E-state index in [1.807, 2.05) is 12.1 Å². The van der Waals surface area contributed by atoms with Crippen molar-refractivity contribution in [2.24, 2.45) is 0 Å². The zero-order valence-corrected chi connectivity index (χ0v) is 15.4. The van der Waals surface area contributed by atoms with Crippen molar-refractivity contribution in [2.75, 3.05) is 18.2 Å². The van der Waals surface area contributed by atoms with Gasteiger partial charge >= 0.3 is 5.97 Å². The summed E-state index contributed by atoms with van der Waals surface area (Å²) in [6, 6.07) is 17.0. The van der Waals surface area contributed by atoms with Crippen LogP contribution in [0.25, 0.3) is 0 Å². The van der Waals surface area contributed by atoms with Gasteiger partial charge in [-0.25, -0.2) is 0 Å². The Morgan fingerprint density at radius 2 is 1.70 bits per heavy atom. The molecule has 7 heteroatoms. The van der Waals surface area contributed by atoms with Gasteiger partial charge in [-0.15, -0.1) is 11.8 Å². The van der Waals surface area contributed by atoms with Gasteiger partial charge in [-0.05, 0) is 17.7 Å². The van der Waals surface area contributed by atoms with Crippen molar-refractivity contribution in [3.63, 3.8) is 0 Å². The van der Waals surface area contributed by atoms with E-state index in [1.165, 1.54) is 16.7 Å². The number of carbonyl (C=O) groups excluding carboxylic acids is 2. The van der Waals surface area contributed by atoms with Crippen LogP contribution in [0, 0.1) is 0 Å². The summed E-state index contributed by atoms with van der Waals surface area (Å²) in [6.45, 7) is -0.0211. The van der Waals surface area contributed by atoms with Crippen molar-refractivity contribution in [3.05, 3.63) is 71.8 Å².